The largest absolute Gasteiger partial charge is 0.394 e. The van der Waals surface area contributed by atoms with E-state index in [2.05, 4.69) is 5.32 Å². The van der Waals surface area contributed by atoms with Crippen molar-refractivity contribution in [1.82, 2.24) is 0 Å². The Morgan fingerprint density at radius 3 is 2.37 bits per heavy atom. The van der Waals surface area contributed by atoms with Gasteiger partial charge in [0.15, 0.2) is 11.6 Å². The average molecular weight is 427 g/mol. The Morgan fingerprint density at radius 2 is 1.83 bits per heavy atom. The van der Waals surface area contributed by atoms with Crippen molar-refractivity contribution >= 4 is 17.1 Å². The summed E-state index contributed by atoms with van der Waals surface area (Å²) < 4.78 is 23.4. The van der Waals surface area contributed by atoms with Gasteiger partial charge < -0.3 is 29.4 Å². The van der Waals surface area contributed by atoms with E-state index < -0.39 is 63.8 Å². The van der Waals surface area contributed by atoms with Gasteiger partial charge in [-0.3, -0.25) is 20.2 Å². The van der Waals surface area contributed by atoms with Crippen LogP contribution in [-0.2, 0) is 18.9 Å². The Morgan fingerprint density at radius 1 is 1.13 bits per heavy atom. The number of aliphatic hydroxyl groups is 1. The molecule has 0 spiro atoms. The lowest BCUT2D eigenvalue weighted by molar-refractivity contribution is -0.393. The van der Waals surface area contributed by atoms with Gasteiger partial charge in [0.25, 0.3) is 11.4 Å². The maximum absolute atomic E-state index is 11.4. The Labute approximate surface area is 172 Å². The molecule has 2 N–H and O–H groups in total. The quantitative estimate of drug-likeness (QED) is 0.487. The molecule has 0 amide bonds. The summed E-state index contributed by atoms with van der Waals surface area (Å²) in [6.45, 7) is 6.78. The summed E-state index contributed by atoms with van der Waals surface area (Å²) in [5, 5.41) is 35.3. The van der Waals surface area contributed by atoms with Crippen LogP contribution in [0.15, 0.2) is 18.2 Å². The van der Waals surface area contributed by atoms with Crippen molar-refractivity contribution < 1.29 is 33.9 Å². The molecule has 0 saturated carbocycles. The van der Waals surface area contributed by atoms with Crippen LogP contribution in [0.1, 0.15) is 27.7 Å². The van der Waals surface area contributed by atoms with E-state index in [-0.39, 0.29) is 12.3 Å². The second-order valence-electron chi connectivity index (χ2n) is 8.08. The van der Waals surface area contributed by atoms with E-state index in [4.69, 9.17) is 18.9 Å². The molecule has 2 aliphatic rings. The molecule has 2 saturated heterocycles. The number of nitro benzene ring substituents is 2. The first-order valence-corrected chi connectivity index (χ1v) is 9.40. The van der Waals surface area contributed by atoms with Gasteiger partial charge in [-0.25, -0.2) is 0 Å². The van der Waals surface area contributed by atoms with E-state index in [0.29, 0.717) is 0 Å². The molecule has 4 atom stereocenters. The van der Waals surface area contributed by atoms with Crippen LogP contribution < -0.4 is 5.32 Å². The fourth-order valence-corrected chi connectivity index (χ4v) is 3.63. The van der Waals surface area contributed by atoms with Crippen LogP contribution in [0.3, 0.4) is 0 Å². The van der Waals surface area contributed by atoms with E-state index in [0.717, 1.165) is 12.1 Å². The first-order valence-electron chi connectivity index (χ1n) is 9.40. The Balaban J connectivity index is 1.87. The molecule has 30 heavy (non-hydrogen) atoms. The second kappa shape index (κ2) is 8.04. The molecule has 166 valence electrons. The van der Waals surface area contributed by atoms with Crippen LogP contribution >= 0.6 is 0 Å². The van der Waals surface area contributed by atoms with Crippen molar-refractivity contribution in [2.75, 3.05) is 18.5 Å². The molecule has 1 aromatic rings. The number of benzene rings is 1. The van der Waals surface area contributed by atoms with Crippen molar-refractivity contribution in [2.24, 2.45) is 0 Å². The molecule has 12 nitrogen and oxygen atoms in total. The minimum Gasteiger partial charge on any atom is -0.394 e. The van der Waals surface area contributed by atoms with E-state index in [1.54, 1.807) is 27.7 Å². The number of hydrogen-bond acceptors (Lipinski definition) is 10. The highest BCUT2D eigenvalue weighted by Crippen LogP contribution is 2.38. The highest BCUT2D eigenvalue weighted by atomic mass is 16.8. The summed E-state index contributed by atoms with van der Waals surface area (Å²) in [5.41, 5.74) is -0.884. The molecule has 0 radical (unpaired) electrons. The predicted molar refractivity (Wildman–Crippen MR) is 103 cm³/mol. The second-order valence-corrected chi connectivity index (χ2v) is 8.08. The van der Waals surface area contributed by atoms with Gasteiger partial charge in [0.1, 0.15) is 24.0 Å². The van der Waals surface area contributed by atoms with Crippen LogP contribution in [0, 0.1) is 20.2 Å². The topological polar surface area (TPSA) is 155 Å². The summed E-state index contributed by atoms with van der Waals surface area (Å²) in [6.07, 6.45) is -1.83. The molecule has 2 heterocycles. The van der Waals surface area contributed by atoms with Crippen molar-refractivity contribution in [3.63, 3.8) is 0 Å². The number of rotatable bonds is 7. The number of nitro groups is 2. The third-order valence-electron chi connectivity index (χ3n) is 4.88. The van der Waals surface area contributed by atoms with Gasteiger partial charge in [-0.05, 0) is 33.8 Å². The third-order valence-corrected chi connectivity index (χ3v) is 4.88. The van der Waals surface area contributed by atoms with Gasteiger partial charge in [-0.15, -0.1) is 0 Å². The van der Waals surface area contributed by atoms with Crippen LogP contribution in [0.4, 0.5) is 17.1 Å². The summed E-state index contributed by atoms with van der Waals surface area (Å²) in [7, 11) is 0. The first kappa shape index (κ1) is 22.3. The van der Waals surface area contributed by atoms with Crippen molar-refractivity contribution in [2.45, 2.75) is 63.6 Å². The maximum Gasteiger partial charge on any atom is 0.299 e. The molecule has 12 heteroatoms. The van der Waals surface area contributed by atoms with Crippen LogP contribution in [-0.4, -0.2) is 64.1 Å². The van der Waals surface area contributed by atoms with Gasteiger partial charge in [-0.1, -0.05) is 0 Å². The Hall–Kier alpha value is -2.38. The van der Waals surface area contributed by atoms with Gasteiger partial charge in [0.2, 0.25) is 0 Å². The van der Waals surface area contributed by atoms with Crippen molar-refractivity contribution in [1.29, 1.82) is 0 Å². The summed E-state index contributed by atoms with van der Waals surface area (Å²) in [5.74, 6) is -1.79. The highest BCUT2D eigenvalue weighted by molar-refractivity contribution is 5.65. The lowest BCUT2D eigenvalue weighted by Gasteiger charge is -2.29. The van der Waals surface area contributed by atoms with E-state index in [9.17, 15) is 25.3 Å². The smallest absolute Gasteiger partial charge is 0.299 e. The van der Waals surface area contributed by atoms with Gasteiger partial charge in [-0.2, -0.15) is 0 Å². The normalized spacial score (nSPS) is 28.2. The summed E-state index contributed by atoms with van der Waals surface area (Å²) in [4.78, 5) is 20.9. The number of ether oxygens (including phenoxy) is 4. The maximum atomic E-state index is 11.4. The summed E-state index contributed by atoms with van der Waals surface area (Å²) >= 11 is 0. The monoisotopic (exact) mass is 427 g/mol. The van der Waals surface area contributed by atoms with Crippen molar-refractivity contribution in [3.8, 4) is 0 Å². The zero-order chi connectivity index (χ0) is 22.3. The van der Waals surface area contributed by atoms with Gasteiger partial charge in [0, 0.05) is 6.07 Å². The molecule has 2 aliphatic heterocycles. The van der Waals surface area contributed by atoms with Crippen LogP contribution in [0.2, 0.25) is 0 Å². The highest BCUT2D eigenvalue weighted by Gasteiger charge is 2.52. The summed E-state index contributed by atoms with van der Waals surface area (Å²) in [6, 6.07) is 2.42. The molecule has 0 aromatic heterocycles. The SMILES string of the molecule is CC1(C)OCC(C2OC(C)(C)OC2C(CO)Nc2ccc([N+](=O)[O-])cc2[N+](=O)[O-])O1. The first-order chi connectivity index (χ1) is 13.9. The standard InChI is InChI=1S/C18H25N3O9/c1-17(2)27-9-14(28-17)16-15(29-18(3,4)30-16)12(8-22)19-11-6-5-10(20(23)24)7-13(11)21(25)26/h5-7,12,14-16,19,22H,8-9H2,1-4H3. The van der Waals surface area contributed by atoms with E-state index in [1.807, 2.05) is 0 Å². The zero-order valence-corrected chi connectivity index (χ0v) is 17.1. The molecule has 4 unspecified atom stereocenters. The number of aliphatic hydroxyl groups excluding tert-OH is 1. The van der Waals surface area contributed by atoms with E-state index >= 15 is 0 Å². The number of nitrogens with one attached hydrogen (secondary N) is 1. The third kappa shape index (κ3) is 4.68. The fourth-order valence-electron chi connectivity index (χ4n) is 3.63. The molecule has 2 fully saturated rings. The van der Waals surface area contributed by atoms with Gasteiger partial charge in [0.05, 0.1) is 35.2 Å². The minimum atomic E-state index is -0.984. The lowest BCUT2D eigenvalue weighted by Crippen LogP contribution is -2.48. The van der Waals surface area contributed by atoms with Crippen LogP contribution in [0.25, 0.3) is 0 Å². The van der Waals surface area contributed by atoms with E-state index in [1.165, 1.54) is 6.07 Å². The molecular formula is C18H25N3O9. The Bertz CT molecular complexity index is 829. The number of hydrogen-bond donors (Lipinski definition) is 2. The number of nitrogens with zero attached hydrogens (tertiary/aromatic N) is 2. The minimum absolute atomic E-state index is 0.0145. The lowest BCUT2D eigenvalue weighted by atomic mass is 10.0. The Kier molecular flexibility index (Phi) is 5.98. The number of non-ortho nitro benzene ring substituents is 1. The average Bonchev–Trinajstić information content (AvgIpc) is 3.17. The predicted octanol–water partition coefficient (Wildman–Crippen LogP) is 1.95. The molecule has 1 aromatic carbocycles. The molecule has 3 rings (SSSR count). The molecule has 0 bridgehead atoms. The zero-order valence-electron chi connectivity index (χ0n) is 17.1. The van der Waals surface area contributed by atoms with Crippen molar-refractivity contribution in [3.05, 3.63) is 38.4 Å². The molecule has 0 aliphatic carbocycles. The van der Waals surface area contributed by atoms with Crippen LogP contribution in [0.5, 0.6) is 0 Å². The number of anilines is 1. The van der Waals surface area contributed by atoms with Gasteiger partial charge >= 0.3 is 0 Å². The molecular weight excluding hydrogens is 402 g/mol. The fraction of sp³-hybridized carbons (Fsp3) is 0.667.